The van der Waals surface area contributed by atoms with Crippen LogP contribution in [0.25, 0.3) is 0 Å². The second-order valence-corrected chi connectivity index (χ2v) is 5.58. The predicted octanol–water partition coefficient (Wildman–Crippen LogP) is 4.31. The van der Waals surface area contributed by atoms with Gasteiger partial charge in [0.05, 0.1) is 18.3 Å². The number of hydrogen-bond donors (Lipinski definition) is 2. The SMILES string of the molecule is Cc1ccccc1Nc1ccc(NC(=O)Cc2ccccc2)nc1. The van der Waals surface area contributed by atoms with Crippen molar-refractivity contribution in [3.8, 4) is 0 Å². The Hall–Kier alpha value is -3.14. The molecule has 3 rings (SSSR count). The summed E-state index contributed by atoms with van der Waals surface area (Å²) in [7, 11) is 0. The van der Waals surface area contributed by atoms with Crippen molar-refractivity contribution in [3.05, 3.63) is 84.1 Å². The number of hydrogen-bond acceptors (Lipinski definition) is 3. The molecule has 0 bridgehead atoms. The van der Waals surface area contributed by atoms with E-state index in [-0.39, 0.29) is 5.91 Å². The molecule has 1 aromatic heterocycles. The highest BCUT2D eigenvalue weighted by molar-refractivity contribution is 5.91. The lowest BCUT2D eigenvalue weighted by atomic mass is 10.1. The highest BCUT2D eigenvalue weighted by atomic mass is 16.1. The van der Waals surface area contributed by atoms with Crippen LogP contribution in [0.5, 0.6) is 0 Å². The van der Waals surface area contributed by atoms with Gasteiger partial charge in [-0.15, -0.1) is 0 Å². The van der Waals surface area contributed by atoms with Gasteiger partial charge in [0.2, 0.25) is 5.91 Å². The van der Waals surface area contributed by atoms with Crippen LogP contribution in [-0.4, -0.2) is 10.9 Å². The largest absolute Gasteiger partial charge is 0.354 e. The van der Waals surface area contributed by atoms with E-state index >= 15 is 0 Å². The fourth-order valence-electron chi connectivity index (χ4n) is 2.38. The van der Waals surface area contributed by atoms with Crippen molar-refractivity contribution in [1.82, 2.24) is 4.98 Å². The summed E-state index contributed by atoms with van der Waals surface area (Å²) < 4.78 is 0. The molecule has 2 N–H and O–H groups in total. The molecule has 4 heteroatoms. The number of anilines is 3. The molecule has 0 aliphatic rings. The van der Waals surface area contributed by atoms with Gasteiger partial charge in [-0.1, -0.05) is 48.5 Å². The van der Waals surface area contributed by atoms with Crippen LogP contribution in [0.15, 0.2) is 72.9 Å². The molecule has 0 spiro atoms. The van der Waals surface area contributed by atoms with E-state index in [1.807, 2.05) is 67.6 Å². The summed E-state index contributed by atoms with van der Waals surface area (Å²) >= 11 is 0. The van der Waals surface area contributed by atoms with Crippen molar-refractivity contribution in [2.24, 2.45) is 0 Å². The molecule has 0 saturated carbocycles. The van der Waals surface area contributed by atoms with Gasteiger partial charge in [-0.05, 0) is 36.2 Å². The number of carbonyl (C=O) groups excluding carboxylic acids is 1. The van der Waals surface area contributed by atoms with Crippen molar-refractivity contribution < 1.29 is 4.79 Å². The van der Waals surface area contributed by atoms with Crippen molar-refractivity contribution in [2.45, 2.75) is 13.3 Å². The number of pyridine rings is 1. The first-order chi connectivity index (χ1) is 11.7. The number of aromatic nitrogens is 1. The van der Waals surface area contributed by atoms with Gasteiger partial charge in [0.1, 0.15) is 5.82 Å². The van der Waals surface area contributed by atoms with Crippen molar-refractivity contribution in [2.75, 3.05) is 10.6 Å². The zero-order chi connectivity index (χ0) is 16.8. The predicted molar refractivity (Wildman–Crippen MR) is 97.5 cm³/mol. The van der Waals surface area contributed by atoms with Gasteiger partial charge in [0.15, 0.2) is 0 Å². The third-order valence-corrected chi connectivity index (χ3v) is 3.66. The molecule has 4 nitrogen and oxygen atoms in total. The van der Waals surface area contributed by atoms with Gasteiger partial charge in [-0.2, -0.15) is 0 Å². The van der Waals surface area contributed by atoms with E-state index in [2.05, 4.69) is 15.6 Å². The number of aryl methyl sites for hydroxylation is 1. The third-order valence-electron chi connectivity index (χ3n) is 3.66. The fourth-order valence-corrected chi connectivity index (χ4v) is 2.38. The van der Waals surface area contributed by atoms with Crippen LogP contribution < -0.4 is 10.6 Å². The van der Waals surface area contributed by atoms with Gasteiger partial charge < -0.3 is 10.6 Å². The Balaban J connectivity index is 1.60. The third kappa shape index (κ3) is 4.20. The maximum atomic E-state index is 12.0. The highest BCUT2D eigenvalue weighted by Crippen LogP contribution is 2.20. The van der Waals surface area contributed by atoms with Gasteiger partial charge in [0.25, 0.3) is 0 Å². The summed E-state index contributed by atoms with van der Waals surface area (Å²) in [5.41, 5.74) is 4.07. The first kappa shape index (κ1) is 15.7. The van der Waals surface area contributed by atoms with Gasteiger partial charge in [0, 0.05) is 5.69 Å². The van der Waals surface area contributed by atoms with Crippen molar-refractivity contribution in [1.29, 1.82) is 0 Å². The van der Waals surface area contributed by atoms with Crippen LogP contribution >= 0.6 is 0 Å². The zero-order valence-electron chi connectivity index (χ0n) is 13.5. The maximum Gasteiger partial charge on any atom is 0.229 e. The lowest BCUT2D eigenvalue weighted by Gasteiger charge is -2.10. The van der Waals surface area contributed by atoms with Crippen LogP contribution in [0.2, 0.25) is 0 Å². The molecule has 120 valence electrons. The van der Waals surface area contributed by atoms with Crippen molar-refractivity contribution in [3.63, 3.8) is 0 Å². The summed E-state index contributed by atoms with van der Waals surface area (Å²) in [6.45, 7) is 2.05. The summed E-state index contributed by atoms with van der Waals surface area (Å²) in [6, 6.07) is 21.4. The standard InChI is InChI=1S/C20H19N3O/c1-15-7-5-6-10-18(15)22-17-11-12-19(21-14-17)23-20(24)13-16-8-3-2-4-9-16/h2-12,14,22H,13H2,1H3,(H,21,23,24). The minimum absolute atomic E-state index is 0.0756. The Kier molecular flexibility index (Phi) is 4.87. The molecule has 0 aliphatic heterocycles. The molecule has 1 amide bonds. The van der Waals surface area contributed by atoms with E-state index in [1.54, 1.807) is 12.3 Å². The van der Waals surface area contributed by atoms with Gasteiger partial charge in [-0.3, -0.25) is 4.79 Å². The highest BCUT2D eigenvalue weighted by Gasteiger charge is 2.05. The molecule has 0 aliphatic carbocycles. The molecule has 0 fully saturated rings. The summed E-state index contributed by atoms with van der Waals surface area (Å²) in [5, 5.41) is 6.13. The lowest BCUT2D eigenvalue weighted by Crippen LogP contribution is -2.15. The quantitative estimate of drug-likeness (QED) is 0.737. The van der Waals surface area contributed by atoms with Crippen molar-refractivity contribution >= 4 is 23.1 Å². The minimum Gasteiger partial charge on any atom is -0.354 e. The van der Waals surface area contributed by atoms with Crippen LogP contribution in [-0.2, 0) is 11.2 Å². The zero-order valence-corrected chi connectivity index (χ0v) is 13.5. The molecule has 0 saturated heterocycles. The van der Waals surface area contributed by atoms with E-state index in [4.69, 9.17) is 0 Å². The molecular formula is C20H19N3O. The second-order valence-electron chi connectivity index (χ2n) is 5.58. The van der Waals surface area contributed by atoms with E-state index in [9.17, 15) is 4.79 Å². The summed E-state index contributed by atoms with van der Waals surface area (Å²) in [5.74, 6) is 0.472. The number of nitrogens with zero attached hydrogens (tertiary/aromatic N) is 1. The van der Waals surface area contributed by atoms with E-state index in [0.29, 0.717) is 12.2 Å². The van der Waals surface area contributed by atoms with Crippen LogP contribution in [0.3, 0.4) is 0 Å². The maximum absolute atomic E-state index is 12.0. The van der Waals surface area contributed by atoms with Crippen LogP contribution in [0.4, 0.5) is 17.2 Å². The Morgan fingerprint density at radius 2 is 1.71 bits per heavy atom. The molecule has 2 aromatic carbocycles. The first-order valence-electron chi connectivity index (χ1n) is 7.83. The average Bonchev–Trinajstić information content (AvgIpc) is 2.59. The Bertz CT molecular complexity index is 814. The Labute approximate surface area is 141 Å². The van der Waals surface area contributed by atoms with E-state index in [1.165, 1.54) is 0 Å². The Morgan fingerprint density at radius 1 is 0.958 bits per heavy atom. The number of benzene rings is 2. The molecule has 24 heavy (non-hydrogen) atoms. The lowest BCUT2D eigenvalue weighted by molar-refractivity contribution is -0.115. The number of para-hydroxylation sites is 1. The monoisotopic (exact) mass is 317 g/mol. The molecule has 3 aromatic rings. The van der Waals surface area contributed by atoms with E-state index in [0.717, 1.165) is 22.5 Å². The molecule has 0 unspecified atom stereocenters. The number of amides is 1. The number of carbonyl (C=O) groups is 1. The van der Waals surface area contributed by atoms with Crippen LogP contribution in [0, 0.1) is 6.92 Å². The fraction of sp³-hybridized carbons (Fsp3) is 0.100. The molecular weight excluding hydrogens is 298 g/mol. The number of rotatable bonds is 5. The normalized spacial score (nSPS) is 10.2. The summed E-state index contributed by atoms with van der Waals surface area (Å²) in [6.07, 6.45) is 2.05. The first-order valence-corrected chi connectivity index (χ1v) is 7.83. The Morgan fingerprint density at radius 3 is 2.42 bits per heavy atom. The molecule has 0 atom stereocenters. The topological polar surface area (TPSA) is 54.0 Å². The smallest absolute Gasteiger partial charge is 0.229 e. The van der Waals surface area contributed by atoms with Gasteiger partial charge in [-0.25, -0.2) is 4.98 Å². The second kappa shape index (κ2) is 7.42. The van der Waals surface area contributed by atoms with Gasteiger partial charge >= 0.3 is 0 Å². The molecule has 1 heterocycles. The number of nitrogens with one attached hydrogen (secondary N) is 2. The molecule has 0 radical (unpaired) electrons. The minimum atomic E-state index is -0.0756. The van der Waals surface area contributed by atoms with E-state index < -0.39 is 0 Å². The van der Waals surface area contributed by atoms with Crippen LogP contribution in [0.1, 0.15) is 11.1 Å². The average molecular weight is 317 g/mol. The summed E-state index contributed by atoms with van der Waals surface area (Å²) in [4.78, 5) is 16.3.